The summed E-state index contributed by atoms with van der Waals surface area (Å²) in [6, 6.07) is 4.99. The predicted octanol–water partition coefficient (Wildman–Crippen LogP) is 4.35. The van der Waals surface area contributed by atoms with Crippen LogP contribution in [0.25, 0.3) is 10.3 Å². The zero-order valence-corrected chi connectivity index (χ0v) is 26.0. The fourth-order valence-electron chi connectivity index (χ4n) is 5.78. The second kappa shape index (κ2) is 12.0. The molecule has 1 amide bonds. The van der Waals surface area contributed by atoms with Crippen molar-refractivity contribution in [3.8, 4) is 0 Å². The minimum Gasteiger partial charge on any atom is -0.393 e. The number of pyridine rings is 2. The van der Waals surface area contributed by atoms with Gasteiger partial charge in [0.25, 0.3) is 5.91 Å². The second-order valence-corrected chi connectivity index (χ2v) is 15.7. The van der Waals surface area contributed by atoms with E-state index in [4.69, 9.17) is 4.98 Å². The molecule has 2 atom stereocenters. The number of piperidine rings is 1. The molecule has 0 aromatic carbocycles. The molecule has 11 heteroatoms. The third kappa shape index (κ3) is 6.96. The number of thiazole rings is 1. The van der Waals surface area contributed by atoms with Gasteiger partial charge in [0, 0.05) is 31.5 Å². The summed E-state index contributed by atoms with van der Waals surface area (Å²) in [4.78, 5) is 30.4. The number of hydrogen-bond donors (Lipinski definition) is 2. The van der Waals surface area contributed by atoms with Gasteiger partial charge in [-0.3, -0.25) is 4.79 Å². The summed E-state index contributed by atoms with van der Waals surface area (Å²) in [7, 11) is -3.42. The number of hydrogen-bond acceptors (Lipinski definition) is 9. The van der Waals surface area contributed by atoms with Gasteiger partial charge in [-0.05, 0) is 73.1 Å². The Morgan fingerprint density at radius 3 is 2.61 bits per heavy atom. The molecular weight excluding hydrogens is 558 g/mol. The number of aliphatic hydroxyl groups is 1. The Kier molecular flexibility index (Phi) is 8.80. The molecule has 5 rings (SSSR count). The Bertz CT molecular complexity index is 1490. The average Bonchev–Trinajstić information content (AvgIpc) is 3.37. The third-order valence-corrected chi connectivity index (χ3v) is 11.2. The fourth-order valence-corrected chi connectivity index (χ4v) is 7.40. The summed E-state index contributed by atoms with van der Waals surface area (Å²) in [5, 5.41) is 13.4. The number of carbonyl (C=O) groups excluding carboxylic acids is 1. The zero-order chi connectivity index (χ0) is 29.4. The van der Waals surface area contributed by atoms with Crippen molar-refractivity contribution in [2.75, 3.05) is 25.4 Å². The number of rotatable bonds is 8. The molecule has 1 saturated heterocycles. The topological polar surface area (TPSA) is 125 Å². The first-order chi connectivity index (χ1) is 19.4. The van der Waals surface area contributed by atoms with E-state index in [1.165, 1.54) is 23.0 Å². The Hall–Kier alpha value is -2.47. The van der Waals surface area contributed by atoms with Gasteiger partial charge in [-0.15, -0.1) is 0 Å². The zero-order valence-electron chi connectivity index (χ0n) is 24.4. The molecule has 0 bridgehead atoms. The number of aryl methyl sites for hydroxylation is 1. The first kappa shape index (κ1) is 30.0. The quantitative estimate of drug-likeness (QED) is 0.392. The Labute approximate surface area is 246 Å². The van der Waals surface area contributed by atoms with Gasteiger partial charge >= 0.3 is 0 Å². The van der Waals surface area contributed by atoms with Crippen molar-refractivity contribution >= 4 is 37.4 Å². The van der Waals surface area contributed by atoms with Crippen LogP contribution in [-0.4, -0.2) is 70.8 Å². The van der Waals surface area contributed by atoms with Crippen LogP contribution in [0.2, 0.25) is 0 Å². The molecule has 1 unspecified atom stereocenters. The number of nitrogens with one attached hydrogen (secondary N) is 1. The van der Waals surface area contributed by atoms with Crippen LogP contribution in [-0.2, 0) is 22.7 Å². The summed E-state index contributed by atoms with van der Waals surface area (Å²) < 4.78 is 24.6. The van der Waals surface area contributed by atoms with Crippen LogP contribution in [0.3, 0.4) is 0 Å². The molecule has 4 heterocycles. The first-order valence-corrected chi connectivity index (χ1v) is 17.1. The van der Waals surface area contributed by atoms with Crippen LogP contribution in [0.15, 0.2) is 29.4 Å². The molecule has 1 fully saturated rings. The number of amides is 1. The number of fused-ring (bicyclic) bond motifs is 2. The lowest BCUT2D eigenvalue weighted by atomic mass is 9.71. The van der Waals surface area contributed by atoms with Crippen molar-refractivity contribution in [3.63, 3.8) is 0 Å². The molecule has 41 heavy (non-hydrogen) atoms. The molecule has 1 aliphatic heterocycles. The predicted molar refractivity (Wildman–Crippen MR) is 161 cm³/mol. The molecule has 222 valence electrons. The highest BCUT2D eigenvalue weighted by molar-refractivity contribution is 7.91. The maximum Gasteiger partial charge on any atom is 0.280 e. The van der Waals surface area contributed by atoms with Crippen molar-refractivity contribution in [1.82, 2.24) is 25.2 Å². The van der Waals surface area contributed by atoms with Gasteiger partial charge in [0.2, 0.25) is 0 Å². The van der Waals surface area contributed by atoms with Crippen LogP contribution in [0.4, 0.5) is 0 Å². The molecule has 1 aliphatic carbocycles. The van der Waals surface area contributed by atoms with E-state index in [1.54, 1.807) is 19.2 Å². The lowest BCUT2D eigenvalue weighted by molar-refractivity contribution is 0.0795. The SMILES string of the molecule is CCS(=O)(=O)c1ccc(C(CCN2CCC(O)CC2)NC(=O)c2nc3cc4c(nc3s2)CC[C@H](C(C)(C)C)C4)cn1. The van der Waals surface area contributed by atoms with Crippen LogP contribution in [0.5, 0.6) is 0 Å². The van der Waals surface area contributed by atoms with Crippen LogP contribution >= 0.6 is 11.3 Å². The number of sulfone groups is 1. The number of aliphatic hydroxyl groups excluding tert-OH is 1. The molecule has 0 radical (unpaired) electrons. The van der Waals surface area contributed by atoms with E-state index in [0.717, 1.165) is 73.3 Å². The molecule has 3 aromatic rings. The molecule has 0 saturated carbocycles. The molecule has 2 aliphatic rings. The molecule has 2 N–H and O–H groups in total. The van der Waals surface area contributed by atoms with Crippen molar-refractivity contribution < 1.29 is 18.3 Å². The highest BCUT2D eigenvalue weighted by Gasteiger charge is 2.30. The monoisotopic (exact) mass is 599 g/mol. The van der Waals surface area contributed by atoms with Crippen LogP contribution in [0.1, 0.15) is 86.0 Å². The normalized spacial score (nSPS) is 19.7. The number of nitrogens with zero attached hydrogens (tertiary/aromatic N) is 4. The molecule has 9 nitrogen and oxygen atoms in total. The van der Waals surface area contributed by atoms with Gasteiger partial charge in [-0.25, -0.2) is 23.4 Å². The number of aromatic nitrogens is 3. The van der Waals surface area contributed by atoms with E-state index >= 15 is 0 Å². The standard InChI is InChI=1S/C30H41N5O4S2/c1-5-41(38,39)26-9-6-19(18-31-26)24(12-15-35-13-10-22(36)11-14-35)32-27(37)29-34-25-17-20-16-21(30(2,3)4)7-8-23(20)33-28(25)40-29/h6,9,17-18,21-22,24,36H,5,7-8,10-16H2,1-4H3,(H,32,37)/t21-,24?/m0/s1. The van der Waals surface area contributed by atoms with Crippen molar-refractivity contribution in [2.24, 2.45) is 11.3 Å². The summed E-state index contributed by atoms with van der Waals surface area (Å²) in [6.45, 7) is 10.8. The summed E-state index contributed by atoms with van der Waals surface area (Å²) in [5.74, 6) is 0.293. The number of carbonyl (C=O) groups is 1. The van der Waals surface area contributed by atoms with Gasteiger partial charge in [-0.2, -0.15) is 0 Å². The van der Waals surface area contributed by atoms with E-state index < -0.39 is 9.84 Å². The van der Waals surface area contributed by atoms with Gasteiger partial charge in [0.05, 0.1) is 17.9 Å². The van der Waals surface area contributed by atoms with Crippen molar-refractivity contribution in [3.05, 3.63) is 46.2 Å². The van der Waals surface area contributed by atoms with Crippen molar-refractivity contribution in [1.29, 1.82) is 0 Å². The van der Waals surface area contributed by atoms with E-state index in [1.807, 2.05) is 0 Å². The maximum atomic E-state index is 13.5. The van der Waals surface area contributed by atoms with E-state index in [9.17, 15) is 18.3 Å². The Balaban J connectivity index is 1.36. The lowest BCUT2D eigenvalue weighted by Crippen LogP contribution is -2.38. The lowest BCUT2D eigenvalue weighted by Gasteiger charge is -2.34. The highest BCUT2D eigenvalue weighted by Crippen LogP contribution is 2.38. The summed E-state index contributed by atoms with van der Waals surface area (Å²) >= 11 is 1.31. The molecule has 3 aromatic heterocycles. The minimum absolute atomic E-state index is 0.0216. The van der Waals surface area contributed by atoms with E-state index in [-0.39, 0.29) is 34.2 Å². The number of likely N-dealkylation sites (tertiary alicyclic amines) is 1. The third-order valence-electron chi connectivity index (χ3n) is 8.62. The fraction of sp³-hybridized carbons (Fsp3) is 0.600. The highest BCUT2D eigenvalue weighted by atomic mass is 32.2. The van der Waals surface area contributed by atoms with Gasteiger partial charge in [0.15, 0.2) is 19.9 Å². The van der Waals surface area contributed by atoms with Crippen LogP contribution < -0.4 is 5.32 Å². The smallest absolute Gasteiger partial charge is 0.280 e. The largest absolute Gasteiger partial charge is 0.393 e. The Morgan fingerprint density at radius 1 is 1.20 bits per heavy atom. The van der Waals surface area contributed by atoms with Gasteiger partial charge in [-0.1, -0.05) is 45.1 Å². The van der Waals surface area contributed by atoms with Gasteiger partial charge < -0.3 is 15.3 Å². The maximum absolute atomic E-state index is 13.5. The van der Waals surface area contributed by atoms with E-state index in [2.05, 4.69) is 47.0 Å². The van der Waals surface area contributed by atoms with E-state index in [0.29, 0.717) is 17.3 Å². The summed E-state index contributed by atoms with van der Waals surface area (Å²) in [6.07, 6.45) is 6.43. The summed E-state index contributed by atoms with van der Waals surface area (Å²) in [5.41, 5.74) is 4.09. The molecule has 0 spiro atoms. The van der Waals surface area contributed by atoms with Gasteiger partial charge in [0.1, 0.15) is 10.3 Å². The van der Waals surface area contributed by atoms with Crippen LogP contribution in [0, 0.1) is 11.3 Å². The second-order valence-electron chi connectivity index (χ2n) is 12.5. The Morgan fingerprint density at radius 2 is 1.95 bits per heavy atom. The first-order valence-electron chi connectivity index (χ1n) is 14.6. The molecular formula is C30H41N5O4S2. The minimum atomic E-state index is -3.42. The van der Waals surface area contributed by atoms with Crippen molar-refractivity contribution in [2.45, 2.75) is 83.4 Å². The average molecular weight is 600 g/mol.